The number of phenolic OH excluding ortho intramolecular Hbond substituents is 2. The van der Waals surface area contributed by atoms with Gasteiger partial charge >= 0.3 is 41.0 Å². The molecule has 0 bridgehead atoms. The molecular weight excluding hydrogens is 1660 g/mol. The fourth-order valence-electron chi connectivity index (χ4n) is 9.15. The molecule has 0 saturated carbocycles. The molecule has 10 aromatic rings. The molecule has 1 unspecified atom stereocenters. The van der Waals surface area contributed by atoms with Crippen molar-refractivity contribution < 1.29 is 45.2 Å². The number of terminal acetylenes is 1. The zero-order valence-electron chi connectivity index (χ0n) is 55.3. The summed E-state index contributed by atoms with van der Waals surface area (Å²) in [5.74, 6) is 16.0. The summed E-state index contributed by atoms with van der Waals surface area (Å²) in [6.45, 7) is 8.73. The van der Waals surface area contributed by atoms with E-state index in [4.69, 9.17) is 39.7 Å². The zero-order valence-corrected chi connectivity index (χ0v) is 66.6. The van der Waals surface area contributed by atoms with Crippen molar-refractivity contribution in [2.24, 2.45) is 0 Å². The summed E-state index contributed by atoms with van der Waals surface area (Å²) in [4.78, 5) is 12.5. The topological polar surface area (TPSA) is 85.2 Å². The van der Waals surface area contributed by atoms with Crippen molar-refractivity contribution in [1.82, 2.24) is 0 Å². The molecule has 1 fully saturated rings. The van der Waals surface area contributed by atoms with E-state index in [9.17, 15) is 15.0 Å². The number of hydrogen-bond acceptors (Lipinski definition) is 7. The van der Waals surface area contributed by atoms with Gasteiger partial charge in [0.2, 0.25) is 7.57 Å². The van der Waals surface area contributed by atoms with Gasteiger partial charge in [0.05, 0.1) is 40.4 Å². The van der Waals surface area contributed by atoms with Crippen LogP contribution < -0.4 is 31.3 Å². The SMILES string of the molecule is C.C#Cc1ccc(OC2CCCCO2)cc1.C=CC(=O)OCCCCCCBr.Cc1cc(Br)[sH+]c1Br.Cc1cc(C#Cc2ccc(O)cc2)sc1C#Cc1ccc(O)cc1.[C+]1=CC=C(P(c2ccccc2)c2ccccc2)C=C1.[Cl][Pd][Cl].c1ccc(P(c2ccccc2)c2ccccc2)cc1. The predicted octanol–water partition coefficient (Wildman–Crippen LogP) is 22.2. The van der Waals surface area contributed by atoms with Crippen LogP contribution in [-0.4, -0.2) is 41.0 Å². The maximum Gasteiger partial charge on any atom is -0.0134 e. The number of carbonyl (C=O) groups is 1. The number of esters is 1. The van der Waals surface area contributed by atoms with Gasteiger partial charge in [0, 0.05) is 92.0 Å². The van der Waals surface area contributed by atoms with Gasteiger partial charge in [0.15, 0.2) is 6.29 Å². The molecule has 0 radical (unpaired) electrons. The number of allylic oxidation sites excluding steroid dienone is 6. The average Bonchev–Trinajstić information content (AvgIpc) is 1.05. The minimum atomic E-state index is -0.466. The number of phenols is 2. The summed E-state index contributed by atoms with van der Waals surface area (Å²) in [6, 6.07) is 79.1. The summed E-state index contributed by atoms with van der Waals surface area (Å²) >= 11 is 12.9. The van der Waals surface area contributed by atoms with Crippen LogP contribution in [0.3, 0.4) is 0 Å². The summed E-state index contributed by atoms with van der Waals surface area (Å²) < 4.78 is 18.4. The van der Waals surface area contributed by atoms with E-state index in [1.165, 1.54) is 81.6 Å². The molecule has 0 amide bonds. The Morgan fingerprint density at radius 1 is 0.663 bits per heavy atom. The van der Waals surface area contributed by atoms with Crippen LogP contribution >= 0.6 is 105 Å². The van der Waals surface area contributed by atoms with Gasteiger partial charge in [0.25, 0.3) is 0 Å². The molecule has 522 valence electrons. The van der Waals surface area contributed by atoms with E-state index in [-0.39, 0.29) is 47.1 Å². The first-order valence-electron chi connectivity index (χ1n) is 31.8. The van der Waals surface area contributed by atoms with E-state index >= 15 is 0 Å². The maximum atomic E-state index is 10.6. The van der Waals surface area contributed by atoms with Crippen LogP contribution in [0.1, 0.15) is 89.9 Å². The van der Waals surface area contributed by atoms with Gasteiger partial charge in [-0.05, 0) is 170 Å². The summed E-state index contributed by atoms with van der Waals surface area (Å²) in [5.41, 5.74) is 5.00. The molecule has 2 N–H and O–H groups in total. The number of rotatable bonds is 15. The number of unbranched alkanes of at least 4 members (excludes halogenated alkanes) is 3. The Morgan fingerprint density at radius 2 is 1.14 bits per heavy atom. The van der Waals surface area contributed by atoms with Crippen molar-refractivity contribution in [3.63, 3.8) is 0 Å². The van der Waals surface area contributed by atoms with Gasteiger partial charge in [-0.1, -0.05) is 224 Å². The van der Waals surface area contributed by atoms with Crippen LogP contribution in [0.4, 0.5) is 0 Å². The molecule has 2 aliphatic rings. The fourth-order valence-corrected chi connectivity index (χ4v) is 18.0. The molecule has 3 heterocycles. The molecule has 6 nitrogen and oxygen atoms in total. The third-order valence-corrected chi connectivity index (χ3v) is 23.4. The first-order valence-corrected chi connectivity index (χ1v) is 42.9. The minimum Gasteiger partial charge on any atom is -0.0622 e. The number of aryl methyl sites for hydroxylation is 2. The molecule has 16 heteroatoms. The zero-order chi connectivity index (χ0) is 71.4. The fraction of sp³-hybridized carbons (Fsp3) is 0.165. The van der Waals surface area contributed by atoms with Gasteiger partial charge in [-0.25, -0.2) is 4.79 Å². The average molecular weight is 1740 g/mol. The molecule has 1 saturated heterocycles. The number of halogens is 5. The monoisotopic (exact) mass is 1740 g/mol. The van der Waals surface area contributed by atoms with Crippen molar-refractivity contribution >= 4 is 138 Å². The third-order valence-electron chi connectivity index (χ3n) is 14.1. The number of hydrogen-bond donors (Lipinski definition) is 2. The second kappa shape index (κ2) is 50.4. The Morgan fingerprint density at radius 3 is 1.54 bits per heavy atom. The largest absolute Gasteiger partial charge is 0.0622 e. The Labute approximate surface area is 651 Å². The summed E-state index contributed by atoms with van der Waals surface area (Å²) in [5, 5.41) is 27.9. The smallest absolute Gasteiger partial charge is 0.0134 e. The molecule has 1 atom stereocenters. The van der Waals surface area contributed by atoms with Crippen molar-refractivity contribution in [1.29, 1.82) is 0 Å². The number of benzene rings is 8. The van der Waals surface area contributed by atoms with Gasteiger partial charge in [-0.15, -0.1) is 17.8 Å². The van der Waals surface area contributed by atoms with Crippen molar-refractivity contribution in [3.05, 3.63) is 330 Å². The number of alkyl halides is 1. The molecule has 1 aliphatic heterocycles. The van der Waals surface area contributed by atoms with Gasteiger partial charge < -0.3 is 24.4 Å². The van der Waals surface area contributed by atoms with E-state index in [0.29, 0.717) is 6.61 Å². The van der Waals surface area contributed by atoms with E-state index in [1.54, 1.807) is 59.9 Å². The molecule has 0 spiro atoms. The third kappa shape index (κ3) is 33.0. The van der Waals surface area contributed by atoms with Crippen molar-refractivity contribution in [3.8, 4) is 53.3 Å². The number of thiophene rings is 2. The van der Waals surface area contributed by atoms with E-state index in [0.717, 1.165) is 75.4 Å². The normalized spacial score (nSPS) is 11.9. The van der Waals surface area contributed by atoms with E-state index < -0.39 is 15.8 Å². The van der Waals surface area contributed by atoms with Crippen molar-refractivity contribution in [2.45, 2.75) is 72.5 Å². The van der Waals surface area contributed by atoms with Crippen molar-refractivity contribution in [2.75, 3.05) is 18.5 Å². The quantitative estimate of drug-likeness (QED) is 0.0122. The number of aromatic hydroxyl groups is 2. The first kappa shape index (κ1) is 84.7. The van der Waals surface area contributed by atoms with Gasteiger partial charge in [-0.3, -0.25) is 0 Å². The molecular formula is C85H81Br3Cl2O6P2PdS2+2. The van der Waals surface area contributed by atoms with Crippen LogP contribution in [0.2, 0.25) is 0 Å². The van der Waals surface area contributed by atoms with E-state index in [2.05, 4.69) is 267 Å². The van der Waals surface area contributed by atoms with Gasteiger partial charge in [0.1, 0.15) is 29.4 Å². The predicted molar refractivity (Wildman–Crippen MR) is 443 cm³/mol. The number of ether oxygens (including phenoxy) is 3. The summed E-state index contributed by atoms with van der Waals surface area (Å²) in [6.07, 6.45) is 25.5. The molecule has 8 aromatic carbocycles. The molecule has 2 aromatic heterocycles. The van der Waals surface area contributed by atoms with Crippen LogP contribution in [-0.2, 0) is 30.2 Å². The van der Waals surface area contributed by atoms with Gasteiger partial charge in [-0.2, -0.15) is 0 Å². The molecule has 12 rings (SSSR count). The van der Waals surface area contributed by atoms with Crippen LogP contribution in [0.5, 0.6) is 17.2 Å². The van der Waals surface area contributed by atoms with Crippen LogP contribution in [0, 0.1) is 55.9 Å². The number of carbonyl (C=O) groups excluding carboxylic acids is 1. The summed E-state index contributed by atoms with van der Waals surface area (Å²) in [7, 11) is 8.72. The second-order valence-electron chi connectivity index (χ2n) is 21.5. The maximum absolute atomic E-state index is 10.6. The van der Waals surface area contributed by atoms with Crippen LogP contribution in [0.25, 0.3) is 0 Å². The second-order valence-corrected chi connectivity index (χ2v) is 34.1. The Kier molecular flexibility index (Phi) is 42.3. The molecule has 101 heavy (non-hydrogen) atoms. The Bertz CT molecular complexity index is 4110. The Hall–Kier alpha value is -6.92. The Balaban J connectivity index is 0.000000222. The standard InChI is InChI=1S/C21H14O2S.C18H15P.C18H14P.C13H14O2.C9H15BrO2.C5H4Br2S.CH4.2ClH.Pd/c1-15-14-20(12-6-16-2-8-18(22)9-3-16)24-21(15)13-7-17-4-10-19(23)11-5-17;2*1-4-10-16(11-5-1)19(17-12-6-2-7-13-17)18-14-8-3-9-15-18;1-2-11-6-8-12(9-7-11)15-13-5-3-4-10-14-13;1-2-9(11)12-8-6-4-3-5-7-10;1-3-2-4(6)8-5(3)7;;;;/h2-5,8-11,14,22-23H,1H3;1-15H;1-2,4-15H;1,6-9,13H,3-5,10H2;2H,1,3-8H2;2H,1H3;1H4;2*1H;/q;;+1;;;;;;;+2/p-1. The minimum absolute atomic E-state index is 0. The van der Waals surface area contributed by atoms with E-state index in [1.807, 2.05) is 49.4 Å². The van der Waals surface area contributed by atoms with Crippen LogP contribution in [0.15, 0.2) is 286 Å². The first-order chi connectivity index (χ1) is 48.8. The molecule has 1 aliphatic carbocycles.